The van der Waals surface area contributed by atoms with Gasteiger partial charge in [-0.3, -0.25) is 0 Å². The second-order valence-corrected chi connectivity index (χ2v) is 6.52. The maximum Gasteiger partial charge on any atom is 0.317 e. The van der Waals surface area contributed by atoms with Crippen molar-refractivity contribution in [1.29, 1.82) is 0 Å². The molecular formula is C16H24N2O2S. The van der Waals surface area contributed by atoms with Crippen LogP contribution in [0.5, 0.6) is 0 Å². The van der Waals surface area contributed by atoms with E-state index in [2.05, 4.69) is 29.6 Å². The molecule has 0 spiro atoms. The number of carbonyl (C=O) groups excluding carboxylic acids is 1. The minimum absolute atomic E-state index is 0.00837. The average molecular weight is 308 g/mol. The summed E-state index contributed by atoms with van der Waals surface area (Å²) in [5, 5.41) is 12.4. The quantitative estimate of drug-likeness (QED) is 0.848. The van der Waals surface area contributed by atoms with E-state index < -0.39 is 0 Å². The smallest absolute Gasteiger partial charge is 0.317 e. The minimum Gasteiger partial charge on any atom is -0.395 e. The van der Waals surface area contributed by atoms with Crippen molar-refractivity contribution in [3.05, 3.63) is 35.4 Å². The molecule has 21 heavy (non-hydrogen) atoms. The highest BCUT2D eigenvalue weighted by atomic mass is 32.2. The number of rotatable bonds is 6. The van der Waals surface area contributed by atoms with Gasteiger partial charge in [0.2, 0.25) is 0 Å². The molecule has 0 unspecified atom stereocenters. The van der Waals surface area contributed by atoms with Crippen LogP contribution in [0, 0.1) is 0 Å². The number of aliphatic hydroxyl groups excluding tert-OH is 1. The maximum atomic E-state index is 12.2. The van der Waals surface area contributed by atoms with E-state index in [-0.39, 0.29) is 12.6 Å². The molecule has 0 bridgehead atoms. The van der Waals surface area contributed by atoms with E-state index in [1.54, 1.807) is 4.90 Å². The molecule has 116 valence electrons. The number of thioether (sulfide) groups is 1. The van der Waals surface area contributed by atoms with Gasteiger partial charge in [0.25, 0.3) is 0 Å². The lowest BCUT2D eigenvalue weighted by Gasteiger charge is -2.27. The summed E-state index contributed by atoms with van der Waals surface area (Å²) in [5.41, 5.74) is 2.74. The highest BCUT2D eigenvalue weighted by Gasteiger charge is 2.21. The third kappa shape index (κ3) is 4.38. The molecule has 0 radical (unpaired) electrons. The van der Waals surface area contributed by atoms with Gasteiger partial charge < -0.3 is 15.3 Å². The zero-order chi connectivity index (χ0) is 15.1. The number of aliphatic hydroxyl groups is 1. The third-order valence-corrected chi connectivity index (χ3v) is 4.94. The fourth-order valence-corrected chi connectivity index (χ4v) is 3.88. The van der Waals surface area contributed by atoms with Crippen LogP contribution in [0.2, 0.25) is 0 Å². The van der Waals surface area contributed by atoms with E-state index in [9.17, 15) is 4.79 Å². The Balaban J connectivity index is 1.92. The monoisotopic (exact) mass is 308 g/mol. The largest absolute Gasteiger partial charge is 0.395 e. The molecule has 0 aromatic heterocycles. The van der Waals surface area contributed by atoms with Crippen LogP contribution in [0.3, 0.4) is 0 Å². The molecule has 4 nitrogen and oxygen atoms in total. The number of urea groups is 1. The SMILES string of the molecule is CCCN(CCO)C(=O)NC[C@H]1SCCc2ccccc21. The van der Waals surface area contributed by atoms with Crippen LogP contribution >= 0.6 is 11.8 Å². The number of aryl methyl sites for hydroxylation is 1. The number of nitrogens with zero attached hydrogens (tertiary/aromatic N) is 1. The second-order valence-electron chi connectivity index (χ2n) is 5.20. The van der Waals surface area contributed by atoms with Crippen molar-refractivity contribution >= 4 is 17.8 Å². The van der Waals surface area contributed by atoms with Crippen molar-refractivity contribution < 1.29 is 9.90 Å². The Bertz CT molecular complexity index is 461. The zero-order valence-electron chi connectivity index (χ0n) is 12.5. The number of nitrogens with one attached hydrogen (secondary N) is 1. The van der Waals surface area contributed by atoms with Gasteiger partial charge in [-0.2, -0.15) is 11.8 Å². The van der Waals surface area contributed by atoms with Crippen LogP contribution in [0.4, 0.5) is 4.79 Å². The van der Waals surface area contributed by atoms with Gasteiger partial charge in [-0.25, -0.2) is 4.79 Å². The number of benzene rings is 1. The Labute approximate surface area is 130 Å². The molecule has 1 heterocycles. The van der Waals surface area contributed by atoms with Crippen LogP contribution < -0.4 is 5.32 Å². The fourth-order valence-electron chi connectivity index (χ4n) is 2.64. The Kier molecular flexibility index (Phi) is 6.39. The molecule has 0 aliphatic carbocycles. The van der Waals surface area contributed by atoms with Gasteiger partial charge in [0.15, 0.2) is 0 Å². The minimum atomic E-state index is -0.0745. The van der Waals surface area contributed by atoms with Gasteiger partial charge in [0.05, 0.1) is 6.61 Å². The van der Waals surface area contributed by atoms with E-state index in [0.29, 0.717) is 24.9 Å². The van der Waals surface area contributed by atoms with E-state index >= 15 is 0 Å². The number of hydrogen-bond acceptors (Lipinski definition) is 3. The van der Waals surface area contributed by atoms with Crippen LogP contribution in [0.1, 0.15) is 29.7 Å². The van der Waals surface area contributed by atoms with Crippen LogP contribution in [-0.4, -0.2) is 48.0 Å². The zero-order valence-corrected chi connectivity index (χ0v) is 13.4. The van der Waals surface area contributed by atoms with Crippen molar-refractivity contribution in [2.45, 2.75) is 25.0 Å². The molecule has 2 rings (SSSR count). The first-order chi connectivity index (χ1) is 10.3. The molecule has 0 fully saturated rings. The molecule has 0 saturated carbocycles. The van der Waals surface area contributed by atoms with Crippen molar-refractivity contribution in [3.63, 3.8) is 0 Å². The van der Waals surface area contributed by atoms with Crippen molar-refractivity contribution in [1.82, 2.24) is 10.2 Å². The van der Waals surface area contributed by atoms with Crippen LogP contribution in [-0.2, 0) is 6.42 Å². The first-order valence-electron chi connectivity index (χ1n) is 7.59. The summed E-state index contributed by atoms with van der Waals surface area (Å²) in [7, 11) is 0. The van der Waals surface area contributed by atoms with Crippen LogP contribution in [0.15, 0.2) is 24.3 Å². The molecule has 5 heteroatoms. The number of carbonyl (C=O) groups is 1. The second kappa shape index (κ2) is 8.29. The summed E-state index contributed by atoms with van der Waals surface area (Å²) >= 11 is 1.90. The number of amides is 2. The van der Waals surface area contributed by atoms with Gasteiger partial charge in [-0.15, -0.1) is 0 Å². The van der Waals surface area contributed by atoms with Crippen molar-refractivity contribution in [2.24, 2.45) is 0 Å². The van der Waals surface area contributed by atoms with E-state index in [4.69, 9.17) is 5.11 Å². The Morgan fingerprint density at radius 1 is 1.43 bits per heavy atom. The third-order valence-electron chi connectivity index (χ3n) is 3.68. The molecule has 1 aliphatic rings. The Morgan fingerprint density at radius 3 is 3.00 bits per heavy atom. The van der Waals surface area contributed by atoms with E-state index in [1.165, 1.54) is 11.1 Å². The highest BCUT2D eigenvalue weighted by Crippen LogP contribution is 2.35. The lowest BCUT2D eigenvalue weighted by atomic mass is 10.0. The summed E-state index contributed by atoms with van der Waals surface area (Å²) < 4.78 is 0. The van der Waals surface area contributed by atoms with Gasteiger partial charge in [0.1, 0.15) is 0 Å². The Morgan fingerprint density at radius 2 is 2.24 bits per heavy atom. The molecule has 2 amide bonds. The molecule has 2 N–H and O–H groups in total. The normalized spacial score (nSPS) is 17.1. The molecular weight excluding hydrogens is 284 g/mol. The van der Waals surface area contributed by atoms with E-state index in [1.807, 2.05) is 18.7 Å². The highest BCUT2D eigenvalue weighted by molar-refractivity contribution is 7.99. The maximum absolute atomic E-state index is 12.2. The summed E-state index contributed by atoms with van der Waals surface area (Å²) in [6.07, 6.45) is 2.01. The average Bonchev–Trinajstić information content (AvgIpc) is 2.52. The van der Waals surface area contributed by atoms with Crippen molar-refractivity contribution in [2.75, 3.05) is 32.0 Å². The van der Waals surface area contributed by atoms with Crippen molar-refractivity contribution in [3.8, 4) is 0 Å². The number of fused-ring (bicyclic) bond motifs is 1. The summed E-state index contributed by atoms with van der Waals surface area (Å²) in [5.74, 6) is 1.10. The first kappa shape index (κ1) is 16.2. The van der Waals surface area contributed by atoms with Gasteiger partial charge in [-0.05, 0) is 29.7 Å². The summed E-state index contributed by atoms with van der Waals surface area (Å²) in [6, 6.07) is 8.41. The fraction of sp³-hybridized carbons (Fsp3) is 0.562. The van der Waals surface area contributed by atoms with Gasteiger partial charge in [-0.1, -0.05) is 31.2 Å². The first-order valence-corrected chi connectivity index (χ1v) is 8.64. The predicted octanol–water partition coefficient (Wildman–Crippen LogP) is 2.43. The lowest BCUT2D eigenvalue weighted by Crippen LogP contribution is -2.43. The molecule has 1 aromatic rings. The molecule has 1 atom stereocenters. The predicted molar refractivity (Wildman–Crippen MR) is 87.7 cm³/mol. The van der Waals surface area contributed by atoms with E-state index in [0.717, 1.165) is 18.6 Å². The lowest BCUT2D eigenvalue weighted by molar-refractivity contribution is 0.177. The summed E-state index contributed by atoms with van der Waals surface area (Å²) in [4.78, 5) is 13.9. The topological polar surface area (TPSA) is 52.6 Å². The standard InChI is InChI=1S/C16H24N2O2S/c1-2-8-18(9-10-19)16(20)17-12-15-14-6-4-3-5-13(14)7-11-21-15/h3-6,15,19H,2,7-12H2,1H3,(H,17,20)/t15-/m1/s1. The van der Waals surface area contributed by atoms with Crippen LogP contribution in [0.25, 0.3) is 0 Å². The van der Waals surface area contributed by atoms with Gasteiger partial charge in [0, 0.05) is 24.9 Å². The molecule has 1 aliphatic heterocycles. The number of hydrogen-bond donors (Lipinski definition) is 2. The summed E-state index contributed by atoms with van der Waals surface area (Å²) in [6.45, 7) is 3.76. The molecule has 0 saturated heterocycles. The molecule has 1 aromatic carbocycles. The van der Waals surface area contributed by atoms with Gasteiger partial charge >= 0.3 is 6.03 Å². The Hall–Kier alpha value is -1.20.